The lowest BCUT2D eigenvalue weighted by molar-refractivity contribution is 0.0885. The summed E-state index contributed by atoms with van der Waals surface area (Å²) in [6.45, 7) is 7.20. The van der Waals surface area contributed by atoms with E-state index in [0.717, 1.165) is 25.5 Å². The highest BCUT2D eigenvalue weighted by Gasteiger charge is 2.37. The standard InChI is InChI=1S/C17H28F2N2/c1-6-17(7-2,21(4)5)16(20-8-3)11-13-9-10-14(18)12-15(13)19/h9-10,12,16,20H,6-8,11H2,1-5H3. The van der Waals surface area contributed by atoms with Gasteiger partial charge in [0, 0.05) is 17.6 Å². The lowest BCUT2D eigenvalue weighted by Gasteiger charge is -2.45. The zero-order valence-corrected chi connectivity index (χ0v) is 13.8. The monoisotopic (exact) mass is 298 g/mol. The molecular formula is C17H28F2N2. The lowest BCUT2D eigenvalue weighted by atomic mass is 9.80. The highest BCUT2D eigenvalue weighted by atomic mass is 19.1. The number of likely N-dealkylation sites (N-methyl/N-ethyl adjacent to an activating group) is 2. The smallest absolute Gasteiger partial charge is 0.129 e. The van der Waals surface area contributed by atoms with Crippen molar-refractivity contribution in [3.05, 3.63) is 35.4 Å². The second-order valence-corrected chi connectivity index (χ2v) is 5.76. The van der Waals surface area contributed by atoms with E-state index >= 15 is 0 Å². The molecule has 1 aromatic carbocycles. The Kier molecular flexibility index (Phi) is 6.75. The van der Waals surface area contributed by atoms with Crippen LogP contribution in [0.1, 0.15) is 39.2 Å². The first kappa shape index (κ1) is 18.1. The second-order valence-electron chi connectivity index (χ2n) is 5.76. The largest absolute Gasteiger partial charge is 0.312 e. The Morgan fingerprint density at radius 3 is 2.19 bits per heavy atom. The zero-order valence-electron chi connectivity index (χ0n) is 13.8. The maximum Gasteiger partial charge on any atom is 0.129 e. The van der Waals surface area contributed by atoms with E-state index in [0.29, 0.717) is 12.0 Å². The summed E-state index contributed by atoms with van der Waals surface area (Å²) in [7, 11) is 4.14. The Hall–Kier alpha value is -1.00. The first-order valence-electron chi connectivity index (χ1n) is 7.76. The van der Waals surface area contributed by atoms with Gasteiger partial charge in [-0.05, 0) is 51.5 Å². The fraction of sp³-hybridized carbons (Fsp3) is 0.647. The summed E-state index contributed by atoms with van der Waals surface area (Å²) >= 11 is 0. The van der Waals surface area contributed by atoms with Crippen LogP contribution in [-0.2, 0) is 6.42 Å². The van der Waals surface area contributed by atoms with Crippen LogP contribution in [0, 0.1) is 11.6 Å². The third kappa shape index (κ3) is 4.01. The number of hydrogen-bond acceptors (Lipinski definition) is 2. The summed E-state index contributed by atoms with van der Waals surface area (Å²) in [4.78, 5) is 2.22. The molecule has 0 fully saturated rings. The van der Waals surface area contributed by atoms with E-state index < -0.39 is 11.6 Å². The molecule has 0 aliphatic heterocycles. The quantitative estimate of drug-likeness (QED) is 0.789. The van der Waals surface area contributed by atoms with E-state index in [4.69, 9.17) is 0 Å². The minimum atomic E-state index is -0.527. The van der Waals surface area contributed by atoms with Crippen molar-refractivity contribution in [2.45, 2.75) is 51.6 Å². The van der Waals surface area contributed by atoms with Crippen molar-refractivity contribution in [1.82, 2.24) is 10.2 Å². The van der Waals surface area contributed by atoms with Crippen LogP contribution in [0.4, 0.5) is 8.78 Å². The van der Waals surface area contributed by atoms with E-state index in [-0.39, 0.29) is 11.6 Å². The van der Waals surface area contributed by atoms with E-state index in [2.05, 4.69) is 45.1 Å². The van der Waals surface area contributed by atoms with Gasteiger partial charge < -0.3 is 10.2 Å². The molecule has 0 saturated carbocycles. The van der Waals surface area contributed by atoms with Gasteiger partial charge in [-0.3, -0.25) is 0 Å². The van der Waals surface area contributed by atoms with Crippen LogP contribution >= 0.6 is 0 Å². The molecule has 0 saturated heterocycles. The maximum atomic E-state index is 14.0. The molecule has 1 unspecified atom stereocenters. The maximum absolute atomic E-state index is 14.0. The summed E-state index contributed by atoms with van der Waals surface area (Å²) in [5.74, 6) is -0.987. The number of nitrogens with one attached hydrogen (secondary N) is 1. The van der Waals surface area contributed by atoms with E-state index in [1.165, 1.54) is 6.07 Å². The number of hydrogen-bond donors (Lipinski definition) is 1. The lowest BCUT2D eigenvalue weighted by Crippen LogP contribution is -2.59. The van der Waals surface area contributed by atoms with Crippen molar-refractivity contribution < 1.29 is 8.78 Å². The van der Waals surface area contributed by atoms with Gasteiger partial charge in [-0.15, -0.1) is 0 Å². The van der Waals surface area contributed by atoms with Gasteiger partial charge in [-0.2, -0.15) is 0 Å². The predicted molar refractivity (Wildman–Crippen MR) is 84.5 cm³/mol. The summed E-state index contributed by atoms with van der Waals surface area (Å²) in [6, 6.07) is 3.97. The van der Waals surface area contributed by atoms with Crippen LogP contribution in [0.5, 0.6) is 0 Å². The Morgan fingerprint density at radius 1 is 1.14 bits per heavy atom. The normalized spacial score (nSPS) is 13.7. The third-order valence-corrected chi connectivity index (χ3v) is 4.65. The SMILES string of the molecule is CCNC(Cc1ccc(F)cc1F)C(CC)(CC)N(C)C. The van der Waals surface area contributed by atoms with Crippen LogP contribution in [0.25, 0.3) is 0 Å². The van der Waals surface area contributed by atoms with Crippen LogP contribution in [0.15, 0.2) is 18.2 Å². The molecule has 0 aromatic heterocycles. The van der Waals surface area contributed by atoms with Crippen molar-refractivity contribution in [2.24, 2.45) is 0 Å². The predicted octanol–water partition coefficient (Wildman–Crippen LogP) is 3.61. The van der Waals surface area contributed by atoms with Crippen molar-refractivity contribution in [2.75, 3.05) is 20.6 Å². The summed E-state index contributed by atoms with van der Waals surface area (Å²) in [6.07, 6.45) is 2.49. The molecule has 2 nitrogen and oxygen atoms in total. The average Bonchev–Trinajstić information content (AvgIpc) is 2.43. The Bertz CT molecular complexity index is 442. The zero-order chi connectivity index (χ0) is 16.0. The van der Waals surface area contributed by atoms with Gasteiger partial charge in [0.05, 0.1) is 0 Å². The van der Waals surface area contributed by atoms with Crippen molar-refractivity contribution in [3.8, 4) is 0 Å². The highest BCUT2D eigenvalue weighted by molar-refractivity contribution is 5.21. The molecule has 0 radical (unpaired) electrons. The van der Waals surface area contributed by atoms with Crippen LogP contribution in [0.2, 0.25) is 0 Å². The number of nitrogens with zero attached hydrogens (tertiary/aromatic N) is 1. The molecule has 1 atom stereocenters. The fourth-order valence-corrected chi connectivity index (χ4v) is 3.29. The molecule has 4 heteroatoms. The van der Waals surface area contributed by atoms with Crippen molar-refractivity contribution in [1.29, 1.82) is 0 Å². The van der Waals surface area contributed by atoms with Crippen LogP contribution in [-0.4, -0.2) is 37.1 Å². The van der Waals surface area contributed by atoms with Gasteiger partial charge in [-0.1, -0.05) is 26.8 Å². The summed E-state index contributed by atoms with van der Waals surface area (Å²) in [5, 5.41) is 3.49. The summed E-state index contributed by atoms with van der Waals surface area (Å²) in [5.41, 5.74) is 0.520. The molecule has 0 spiro atoms. The number of halogens is 2. The highest BCUT2D eigenvalue weighted by Crippen LogP contribution is 2.28. The Balaban J connectivity index is 3.10. The minimum Gasteiger partial charge on any atom is -0.312 e. The number of benzene rings is 1. The molecule has 0 aliphatic rings. The fourth-order valence-electron chi connectivity index (χ4n) is 3.29. The average molecular weight is 298 g/mol. The van der Waals surface area contributed by atoms with Gasteiger partial charge in [-0.25, -0.2) is 8.78 Å². The van der Waals surface area contributed by atoms with E-state index in [9.17, 15) is 8.78 Å². The molecule has 0 bridgehead atoms. The van der Waals surface area contributed by atoms with Gasteiger partial charge in [0.2, 0.25) is 0 Å². The molecule has 0 amide bonds. The summed E-state index contributed by atoms with van der Waals surface area (Å²) < 4.78 is 27.0. The van der Waals surface area contributed by atoms with Gasteiger partial charge in [0.15, 0.2) is 0 Å². The molecular weight excluding hydrogens is 270 g/mol. The second kappa shape index (κ2) is 7.85. The Labute approximate surface area is 127 Å². The van der Waals surface area contributed by atoms with E-state index in [1.807, 2.05) is 0 Å². The molecule has 1 rings (SSSR count). The van der Waals surface area contributed by atoms with Crippen molar-refractivity contribution in [3.63, 3.8) is 0 Å². The van der Waals surface area contributed by atoms with Crippen LogP contribution < -0.4 is 5.32 Å². The van der Waals surface area contributed by atoms with Crippen LogP contribution in [0.3, 0.4) is 0 Å². The molecule has 0 heterocycles. The van der Waals surface area contributed by atoms with Gasteiger partial charge >= 0.3 is 0 Å². The molecule has 0 aliphatic carbocycles. The molecule has 1 N–H and O–H groups in total. The first-order chi connectivity index (χ1) is 9.91. The third-order valence-electron chi connectivity index (χ3n) is 4.65. The first-order valence-corrected chi connectivity index (χ1v) is 7.76. The topological polar surface area (TPSA) is 15.3 Å². The van der Waals surface area contributed by atoms with Crippen molar-refractivity contribution >= 4 is 0 Å². The molecule has 1 aromatic rings. The van der Waals surface area contributed by atoms with E-state index in [1.54, 1.807) is 6.07 Å². The number of rotatable bonds is 8. The Morgan fingerprint density at radius 2 is 1.76 bits per heavy atom. The van der Waals surface area contributed by atoms with Gasteiger partial charge in [0.1, 0.15) is 11.6 Å². The van der Waals surface area contributed by atoms with Gasteiger partial charge in [0.25, 0.3) is 0 Å². The minimum absolute atomic E-state index is 0.0448. The molecule has 21 heavy (non-hydrogen) atoms. The molecule has 120 valence electrons.